The summed E-state index contributed by atoms with van der Waals surface area (Å²) in [5.74, 6) is 0.673. The first-order valence-electron chi connectivity index (χ1n) is 13.8. The maximum absolute atomic E-state index is 13.6. The molecule has 0 spiro atoms. The van der Waals surface area contributed by atoms with E-state index in [4.69, 9.17) is 0 Å². The smallest absolute Gasteiger partial charge is 0.254 e. The Morgan fingerprint density at radius 3 is 2.47 bits per heavy atom. The molecule has 194 valence electrons. The van der Waals surface area contributed by atoms with Crippen molar-refractivity contribution in [2.24, 2.45) is 11.8 Å². The SMILES string of the molecule is CCC(C)C(NC(=O)CCC1CCCC1)C(=O)N1CCN(C(=O)c2cccc3ccccc23)C(C)C1. The van der Waals surface area contributed by atoms with Crippen LogP contribution in [0, 0.1) is 11.8 Å². The van der Waals surface area contributed by atoms with Crippen LogP contribution in [0.2, 0.25) is 0 Å². The Balaban J connectivity index is 1.39. The highest BCUT2D eigenvalue weighted by Crippen LogP contribution is 2.28. The maximum Gasteiger partial charge on any atom is 0.254 e. The van der Waals surface area contributed by atoms with Gasteiger partial charge in [0.15, 0.2) is 0 Å². The topological polar surface area (TPSA) is 69.7 Å². The number of hydrogen-bond donors (Lipinski definition) is 1. The molecule has 0 radical (unpaired) electrons. The molecule has 1 aliphatic carbocycles. The minimum Gasteiger partial charge on any atom is -0.344 e. The summed E-state index contributed by atoms with van der Waals surface area (Å²) in [5, 5.41) is 5.07. The average Bonchev–Trinajstić information content (AvgIpc) is 3.43. The highest BCUT2D eigenvalue weighted by Gasteiger charge is 2.35. The third-order valence-electron chi connectivity index (χ3n) is 8.27. The minimum absolute atomic E-state index is 0.00471. The lowest BCUT2D eigenvalue weighted by atomic mass is 9.96. The van der Waals surface area contributed by atoms with Crippen LogP contribution in [0.25, 0.3) is 10.8 Å². The summed E-state index contributed by atoms with van der Waals surface area (Å²) < 4.78 is 0. The van der Waals surface area contributed by atoms with E-state index in [1.807, 2.05) is 66.1 Å². The van der Waals surface area contributed by atoms with Gasteiger partial charge in [0.2, 0.25) is 11.8 Å². The molecular weight excluding hydrogens is 450 g/mol. The van der Waals surface area contributed by atoms with E-state index in [9.17, 15) is 14.4 Å². The molecule has 3 atom stereocenters. The fourth-order valence-electron chi connectivity index (χ4n) is 5.79. The van der Waals surface area contributed by atoms with Gasteiger partial charge in [-0.05, 0) is 42.0 Å². The molecule has 3 amide bonds. The van der Waals surface area contributed by atoms with Gasteiger partial charge < -0.3 is 15.1 Å². The van der Waals surface area contributed by atoms with Crippen LogP contribution in [-0.2, 0) is 9.59 Å². The molecule has 2 aliphatic rings. The second-order valence-corrected chi connectivity index (χ2v) is 10.8. The van der Waals surface area contributed by atoms with E-state index in [1.165, 1.54) is 25.7 Å². The van der Waals surface area contributed by atoms with Crippen LogP contribution in [0.4, 0.5) is 0 Å². The first kappa shape index (κ1) is 26.2. The van der Waals surface area contributed by atoms with Crippen LogP contribution in [0.5, 0.6) is 0 Å². The first-order valence-corrected chi connectivity index (χ1v) is 13.8. The molecule has 2 aromatic carbocycles. The van der Waals surface area contributed by atoms with Gasteiger partial charge in [-0.2, -0.15) is 0 Å². The van der Waals surface area contributed by atoms with Crippen LogP contribution in [0.15, 0.2) is 42.5 Å². The molecule has 0 bridgehead atoms. The molecule has 2 fully saturated rings. The summed E-state index contributed by atoms with van der Waals surface area (Å²) in [6.45, 7) is 7.52. The zero-order valence-corrected chi connectivity index (χ0v) is 22.0. The lowest BCUT2D eigenvalue weighted by Crippen LogP contribution is -2.60. The Labute approximate surface area is 215 Å². The third kappa shape index (κ3) is 5.91. The molecule has 1 aliphatic heterocycles. The van der Waals surface area contributed by atoms with Crippen molar-refractivity contribution >= 4 is 28.5 Å². The minimum atomic E-state index is -0.515. The van der Waals surface area contributed by atoms with E-state index in [2.05, 4.69) is 12.2 Å². The van der Waals surface area contributed by atoms with Crippen molar-refractivity contribution in [1.29, 1.82) is 0 Å². The molecule has 1 N–H and O–H groups in total. The molecule has 3 unspecified atom stereocenters. The number of carbonyl (C=O) groups excluding carboxylic acids is 3. The number of fused-ring (bicyclic) bond motifs is 1. The molecule has 6 nitrogen and oxygen atoms in total. The predicted octanol–water partition coefficient (Wildman–Crippen LogP) is 5.01. The highest BCUT2D eigenvalue weighted by molar-refractivity contribution is 6.07. The summed E-state index contributed by atoms with van der Waals surface area (Å²) in [6.07, 6.45) is 7.21. The molecule has 1 heterocycles. The number of rotatable bonds is 8. The van der Waals surface area contributed by atoms with E-state index in [-0.39, 0.29) is 29.7 Å². The number of nitrogens with one attached hydrogen (secondary N) is 1. The monoisotopic (exact) mass is 491 g/mol. The van der Waals surface area contributed by atoms with Crippen molar-refractivity contribution in [1.82, 2.24) is 15.1 Å². The lowest BCUT2D eigenvalue weighted by Gasteiger charge is -2.41. The van der Waals surface area contributed by atoms with Crippen LogP contribution in [0.1, 0.15) is 76.1 Å². The van der Waals surface area contributed by atoms with Crippen molar-refractivity contribution in [2.45, 2.75) is 77.8 Å². The molecule has 6 heteroatoms. The van der Waals surface area contributed by atoms with Crippen LogP contribution < -0.4 is 5.32 Å². The van der Waals surface area contributed by atoms with Gasteiger partial charge in [-0.25, -0.2) is 0 Å². The molecule has 36 heavy (non-hydrogen) atoms. The Morgan fingerprint density at radius 2 is 1.75 bits per heavy atom. The van der Waals surface area contributed by atoms with Crippen molar-refractivity contribution in [3.63, 3.8) is 0 Å². The van der Waals surface area contributed by atoms with Gasteiger partial charge in [0.05, 0.1) is 0 Å². The molecular formula is C30H41N3O3. The third-order valence-corrected chi connectivity index (χ3v) is 8.27. The van der Waals surface area contributed by atoms with Crippen molar-refractivity contribution in [3.05, 3.63) is 48.0 Å². The van der Waals surface area contributed by atoms with Gasteiger partial charge in [-0.3, -0.25) is 14.4 Å². The number of piperazine rings is 1. The predicted molar refractivity (Wildman–Crippen MR) is 144 cm³/mol. The normalized spacial score (nSPS) is 20.4. The van der Waals surface area contributed by atoms with E-state index in [0.717, 1.165) is 23.6 Å². The summed E-state index contributed by atoms with van der Waals surface area (Å²) in [5.41, 5.74) is 0.701. The fraction of sp³-hybridized carbons (Fsp3) is 0.567. The second kappa shape index (κ2) is 11.9. The quantitative estimate of drug-likeness (QED) is 0.564. The summed E-state index contributed by atoms with van der Waals surface area (Å²) >= 11 is 0. The zero-order chi connectivity index (χ0) is 25.7. The van der Waals surface area contributed by atoms with Gasteiger partial charge in [0, 0.05) is 37.7 Å². The molecule has 1 saturated carbocycles. The first-order chi connectivity index (χ1) is 17.4. The van der Waals surface area contributed by atoms with Gasteiger partial charge in [0.25, 0.3) is 5.91 Å². The van der Waals surface area contributed by atoms with E-state index < -0.39 is 6.04 Å². The van der Waals surface area contributed by atoms with Crippen molar-refractivity contribution in [3.8, 4) is 0 Å². The number of carbonyl (C=O) groups is 3. The van der Waals surface area contributed by atoms with Gasteiger partial charge in [-0.1, -0.05) is 82.3 Å². The Morgan fingerprint density at radius 1 is 1.03 bits per heavy atom. The standard InChI is InChI=1S/C30H41N3O3/c1-4-21(2)28(31-27(34)17-16-23-10-5-6-11-23)30(36)32-18-19-33(22(3)20-32)29(35)26-15-9-13-24-12-7-8-14-25(24)26/h7-9,12-15,21-23,28H,4-6,10-11,16-20H2,1-3H3,(H,31,34). The van der Waals surface area contributed by atoms with Crippen molar-refractivity contribution < 1.29 is 14.4 Å². The van der Waals surface area contributed by atoms with E-state index in [0.29, 0.717) is 37.5 Å². The molecule has 1 saturated heterocycles. The number of nitrogens with zero attached hydrogens (tertiary/aromatic N) is 2. The summed E-state index contributed by atoms with van der Waals surface area (Å²) in [7, 11) is 0. The largest absolute Gasteiger partial charge is 0.344 e. The van der Waals surface area contributed by atoms with Gasteiger partial charge in [0.1, 0.15) is 6.04 Å². The Bertz CT molecular complexity index is 1070. The van der Waals surface area contributed by atoms with Crippen LogP contribution in [-0.4, -0.2) is 59.2 Å². The maximum atomic E-state index is 13.6. The molecule has 4 rings (SSSR count). The molecule has 0 aromatic heterocycles. The number of benzene rings is 2. The average molecular weight is 492 g/mol. The Hall–Kier alpha value is -2.89. The lowest BCUT2D eigenvalue weighted by molar-refractivity contribution is -0.140. The van der Waals surface area contributed by atoms with E-state index >= 15 is 0 Å². The fourth-order valence-corrected chi connectivity index (χ4v) is 5.79. The number of amides is 3. The zero-order valence-electron chi connectivity index (χ0n) is 22.0. The van der Waals surface area contributed by atoms with Gasteiger partial charge >= 0.3 is 0 Å². The van der Waals surface area contributed by atoms with Crippen molar-refractivity contribution in [2.75, 3.05) is 19.6 Å². The molecule has 2 aromatic rings. The second-order valence-electron chi connectivity index (χ2n) is 10.8. The number of hydrogen-bond acceptors (Lipinski definition) is 3. The highest BCUT2D eigenvalue weighted by atomic mass is 16.2. The van der Waals surface area contributed by atoms with E-state index in [1.54, 1.807) is 0 Å². The summed E-state index contributed by atoms with van der Waals surface area (Å²) in [4.78, 5) is 43.5. The summed E-state index contributed by atoms with van der Waals surface area (Å²) in [6, 6.07) is 13.1. The Kier molecular flexibility index (Phi) is 8.65. The van der Waals surface area contributed by atoms with Crippen LogP contribution in [0.3, 0.4) is 0 Å². The van der Waals surface area contributed by atoms with Gasteiger partial charge in [-0.15, -0.1) is 0 Å². The van der Waals surface area contributed by atoms with Crippen LogP contribution >= 0.6 is 0 Å².